The van der Waals surface area contributed by atoms with Gasteiger partial charge in [0.2, 0.25) is 15.9 Å². The van der Waals surface area contributed by atoms with Crippen molar-refractivity contribution in [1.82, 2.24) is 19.9 Å². The van der Waals surface area contributed by atoms with Crippen LogP contribution in [0.3, 0.4) is 0 Å². The van der Waals surface area contributed by atoms with Crippen LogP contribution in [0.1, 0.15) is 0 Å². The summed E-state index contributed by atoms with van der Waals surface area (Å²) in [6.07, 6.45) is 3.19. The number of ether oxygens (including phenoxy) is 2. The molecule has 4 heterocycles. The molecule has 0 saturated carbocycles. The second kappa shape index (κ2) is 11.7. The van der Waals surface area contributed by atoms with Gasteiger partial charge in [-0.3, -0.25) is 14.6 Å². The molecule has 0 amide bonds. The number of pyridine rings is 3. The molecular weight excluding hydrogens is 547 g/mol. The fourth-order valence-electron chi connectivity index (χ4n) is 4.14. The van der Waals surface area contributed by atoms with E-state index in [0.717, 1.165) is 0 Å². The molecule has 0 atom stereocenters. The predicted molar refractivity (Wildman–Crippen MR) is 149 cm³/mol. The van der Waals surface area contributed by atoms with Gasteiger partial charge in [0.1, 0.15) is 17.0 Å². The van der Waals surface area contributed by atoms with Crippen molar-refractivity contribution in [3.8, 4) is 17.1 Å². The summed E-state index contributed by atoms with van der Waals surface area (Å²) in [6.45, 7) is 2.97. The molecule has 0 spiro atoms. The molecule has 1 aliphatic rings. The first-order chi connectivity index (χ1) is 18.8. The van der Waals surface area contributed by atoms with E-state index in [-0.39, 0.29) is 22.3 Å². The number of morpholine rings is 1. The summed E-state index contributed by atoms with van der Waals surface area (Å²) >= 11 is 5.93. The SMILES string of the molecule is COc1ncc(-c2ccc3nccc(Nc4ccc(F)c(Cl)c4)c3n2)cc1NS(=O)(=O)CCN1CCOCC1. The molecule has 0 radical (unpaired) electrons. The van der Waals surface area contributed by atoms with Crippen LogP contribution in [0.25, 0.3) is 22.3 Å². The van der Waals surface area contributed by atoms with Crippen LogP contribution in [0.5, 0.6) is 5.88 Å². The first-order valence-corrected chi connectivity index (χ1v) is 14.2. The number of nitrogens with zero attached hydrogens (tertiary/aromatic N) is 4. The van der Waals surface area contributed by atoms with Gasteiger partial charge in [0.05, 0.1) is 48.0 Å². The maximum atomic E-state index is 13.6. The number of anilines is 3. The summed E-state index contributed by atoms with van der Waals surface area (Å²) < 4.78 is 52.6. The zero-order valence-electron chi connectivity index (χ0n) is 21.0. The van der Waals surface area contributed by atoms with Gasteiger partial charge >= 0.3 is 0 Å². The normalized spacial score (nSPS) is 14.3. The van der Waals surface area contributed by atoms with Gasteiger partial charge in [0.15, 0.2) is 0 Å². The van der Waals surface area contributed by atoms with Gasteiger partial charge in [-0.25, -0.2) is 22.8 Å². The summed E-state index contributed by atoms with van der Waals surface area (Å²) in [7, 11) is -2.25. The highest BCUT2D eigenvalue weighted by Gasteiger charge is 2.19. The Morgan fingerprint density at radius 1 is 1.10 bits per heavy atom. The van der Waals surface area contributed by atoms with Crippen molar-refractivity contribution >= 4 is 49.7 Å². The molecule has 4 aromatic rings. The Kier molecular flexibility index (Phi) is 8.07. The molecule has 1 aliphatic heterocycles. The van der Waals surface area contributed by atoms with E-state index in [9.17, 15) is 12.8 Å². The van der Waals surface area contributed by atoms with Crippen molar-refractivity contribution in [1.29, 1.82) is 0 Å². The Balaban J connectivity index is 1.42. The van der Waals surface area contributed by atoms with Gasteiger partial charge in [-0.15, -0.1) is 0 Å². The van der Waals surface area contributed by atoms with Crippen molar-refractivity contribution in [2.75, 3.05) is 55.7 Å². The summed E-state index contributed by atoms with van der Waals surface area (Å²) in [5.41, 5.74) is 3.73. The van der Waals surface area contributed by atoms with Crippen molar-refractivity contribution in [2.45, 2.75) is 0 Å². The van der Waals surface area contributed by atoms with Crippen LogP contribution < -0.4 is 14.8 Å². The average molecular weight is 573 g/mol. The third kappa shape index (κ3) is 6.53. The fraction of sp³-hybridized carbons (Fsp3) is 0.269. The third-order valence-electron chi connectivity index (χ3n) is 6.17. The molecular formula is C26H26ClFN6O4S. The monoisotopic (exact) mass is 572 g/mol. The molecule has 1 saturated heterocycles. The lowest BCUT2D eigenvalue weighted by Gasteiger charge is -2.26. The van der Waals surface area contributed by atoms with E-state index in [0.29, 0.717) is 66.5 Å². The minimum atomic E-state index is -3.68. The van der Waals surface area contributed by atoms with E-state index >= 15 is 0 Å². The molecule has 3 aromatic heterocycles. The smallest absolute Gasteiger partial charge is 0.238 e. The highest BCUT2D eigenvalue weighted by Crippen LogP contribution is 2.31. The van der Waals surface area contributed by atoms with Gasteiger partial charge < -0.3 is 14.8 Å². The van der Waals surface area contributed by atoms with Crippen LogP contribution in [-0.2, 0) is 14.8 Å². The van der Waals surface area contributed by atoms with Gasteiger partial charge in [0, 0.05) is 43.3 Å². The number of nitrogens with one attached hydrogen (secondary N) is 2. The van der Waals surface area contributed by atoms with Crippen molar-refractivity contribution in [3.63, 3.8) is 0 Å². The van der Waals surface area contributed by atoms with E-state index in [2.05, 4.69) is 20.0 Å². The van der Waals surface area contributed by atoms with Crippen LogP contribution in [0, 0.1) is 5.82 Å². The standard InChI is InChI=1S/C26H26ClFN6O4S/c1-37-26-24(33-39(35,36)13-10-34-8-11-38-12-9-34)14-17(16-30-26)21-4-5-22-25(32-21)23(6-7-29-22)31-18-2-3-20(28)19(27)15-18/h2-7,14-16,33H,8-13H2,1H3,(H,29,31). The average Bonchev–Trinajstić information content (AvgIpc) is 2.94. The van der Waals surface area contributed by atoms with Gasteiger partial charge in [-0.05, 0) is 42.5 Å². The molecule has 2 N–H and O–H groups in total. The Hall–Kier alpha value is -3.58. The number of benzene rings is 1. The quantitative estimate of drug-likeness (QED) is 0.302. The van der Waals surface area contributed by atoms with Crippen LogP contribution in [0.2, 0.25) is 5.02 Å². The number of aromatic nitrogens is 3. The minimum absolute atomic E-state index is 0.00348. The van der Waals surface area contributed by atoms with Crippen LogP contribution in [-0.4, -0.2) is 74.0 Å². The summed E-state index contributed by atoms with van der Waals surface area (Å²) in [4.78, 5) is 15.5. The number of rotatable bonds is 9. The maximum Gasteiger partial charge on any atom is 0.238 e. The van der Waals surface area contributed by atoms with Crippen molar-refractivity contribution < 1.29 is 22.3 Å². The summed E-state index contributed by atoms with van der Waals surface area (Å²) in [6, 6.07) is 11.3. The van der Waals surface area contributed by atoms with E-state index in [4.69, 9.17) is 26.1 Å². The lowest BCUT2D eigenvalue weighted by atomic mass is 10.1. The predicted octanol–water partition coefficient (Wildman–Crippen LogP) is 4.31. The fourth-order valence-corrected chi connectivity index (χ4v) is 5.40. The lowest BCUT2D eigenvalue weighted by Crippen LogP contribution is -2.39. The van der Waals surface area contributed by atoms with Gasteiger partial charge in [-0.1, -0.05) is 11.6 Å². The molecule has 1 aromatic carbocycles. The van der Waals surface area contributed by atoms with Crippen LogP contribution in [0.15, 0.2) is 54.9 Å². The number of hydrogen-bond donors (Lipinski definition) is 2. The van der Waals surface area contributed by atoms with Crippen LogP contribution in [0.4, 0.5) is 21.5 Å². The second-order valence-corrected chi connectivity index (χ2v) is 11.1. The highest BCUT2D eigenvalue weighted by molar-refractivity contribution is 7.92. The zero-order chi connectivity index (χ0) is 27.4. The number of hydrogen-bond acceptors (Lipinski definition) is 9. The van der Waals surface area contributed by atoms with Crippen molar-refractivity contribution in [3.05, 3.63) is 65.7 Å². The molecule has 1 fully saturated rings. The molecule has 204 valence electrons. The first kappa shape index (κ1) is 27.0. The van der Waals surface area contributed by atoms with E-state index in [1.54, 1.807) is 42.7 Å². The molecule has 10 nitrogen and oxygen atoms in total. The topological polar surface area (TPSA) is 119 Å². The molecule has 0 bridgehead atoms. The lowest BCUT2D eigenvalue weighted by molar-refractivity contribution is 0.0408. The minimum Gasteiger partial charge on any atom is -0.480 e. The number of methoxy groups -OCH3 is 1. The van der Waals surface area contributed by atoms with E-state index < -0.39 is 15.8 Å². The Bertz CT molecular complexity index is 1600. The molecule has 39 heavy (non-hydrogen) atoms. The van der Waals surface area contributed by atoms with Gasteiger partial charge in [-0.2, -0.15) is 0 Å². The third-order valence-corrected chi connectivity index (χ3v) is 7.71. The Morgan fingerprint density at radius 3 is 2.69 bits per heavy atom. The van der Waals surface area contributed by atoms with Crippen molar-refractivity contribution in [2.24, 2.45) is 0 Å². The largest absolute Gasteiger partial charge is 0.480 e. The number of fused-ring (bicyclic) bond motifs is 1. The molecule has 0 aliphatic carbocycles. The second-order valence-electron chi connectivity index (χ2n) is 8.83. The summed E-state index contributed by atoms with van der Waals surface area (Å²) in [5, 5.41) is 3.20. The van der Waals surface area contributed by atoms with E-state index in [1.807, 2.05) is 4.90 Å². The van der Waals surface area contributed by atoms with Gasteiger partial charge in [0.25, 0.3) is 0 Å². The molecule has 0 unspecified atom stereocenters. The number of sulfonamides is 1. The first-order valence-electron chi connectivity index (χ1n) is 12.1. The molecule has 5 rings (SSSR count). The maximum absolute atomic E-state index is 13.6. The summed E-state index contributed by atoms with van der Waals surface area (Å²) in [5.74, 6) is -0.448. The molecule has 13 heteroatoms. The van der Waals surface area contributed by atoms with Crippen LogP contribution >= 0.6 is 11.6 Å². The highest BCUT2D eigenvalue weighted by atomic mass is 35.5. The van der Waals surface area contributed by atoms with E-state index in [1.165, 1.54) is 19.2 Å². The Morgan fingerprint density at radius 2 is 1.92 bits per heavy atom. The number of halogens is 2. The zero-order valence-corrected chi connectivity index (χ0v) is 22.6. The Labute approximate surface area is 230 Å².